The van der Waals surface area contributed by atoms with E-state index in [1.807, 2.05) is 0 Å². The van der Waals surface area contributed by atoms with E-state index in [1.54, 1.807) is 0 Å². The van der Waals surface area contributed by atoms with Gasteiger partial charge in [-0.05, 0) is 26.8 Å². The zero-order valence-electron chi connectivity index (χ0n) is 11.5. The summed E-state index contributed by atoms with van der Waals surface area (Å²) in [6.07, 6.45) is 0.216. The number of ether oxygens (including phenoxy) is 1. The van der Waals surface area contributed by atoms with E-state index < -0.39 is 35.3 Å². The first kappa shape index (κ1) is 15.3. The van der Waals surface area contributed by atoms with E-state index >= 15 is 0 Å². The molecular formula is C12H18N2O5S. The molecule has 1 aliphatic heterocycles. The van der Waals surface area contributed by atoms with Gasteiger partial charge in [0.05, 0.1) is 6.61 Å². The Morgan fingerprint density at radius 1 is 1.45 bits per heavy atom. The Morgan fingerprint density at radius 3 is 2.50 bits per heavy atom. The number of aliphatic hydroxyl groups is 3. The molecule has 0 radical (unpaired) electrons. The van der Waals surface area contributed by atoms with Gasteiger partial charge < -0.3 is 20.1 Å². The van der Waals surface area contributed by atoms with Crippen LogP contribution in [0, 0.1) is 4.64 Å². The molecule has 4 unspecified atom stereocenters. The van der Waals surface area contributed by atoms with Crippen molar-refractivity contribution in [3.05, 3.63) is 27.4 Å². The van der Waals surface area contributed by atoms with Gasteiger partial charge in [0, 0.05) is 6.20 Å². The minimum absolute atomic E-state index is 0.251. The third-order valence-electron chi connectivity index (χ3n) is 4.27. The fourth-order valence-electron chi connectivity index (χ4n) is 2.38. The maximum Gasteiger partial charge on any atom is 0.328 e. The Kier molecular flexibility index (Phi) is 3.43. The SMILES string of the molecule is CC1(CO)OC(n2ccc(=S)[nH]c2=O)C(C)(O)C1(C)O. The highest BCUT2D eigenvalue weighted by Crippen LogP contribution is 2.50. The first-order chi connectivity index (χ1) is 9.07. The number of nitrogens with zero attached hydrogens (tertiary/aromatic N) is 1. The lowest BCUT2D eigenvalue weighted by molar-refractivity contribution is -0.162. The van der Waals surface area contributed by atoms with Crippen LogP contribution in [0.4, 0.5) is 0 Å². The second kappa shape index (κ2) is 4.47. The normalized spacial score (nSPS) is 41.0. The van der Waals surface area contributed by atoms with Crippen LogP contribution in [0.1, 0.15) is 27.0 Å². The summed E-state index contributed by atoms with van der Waals surface area (Å²) in [6, 6.07) is 1.47. The Morgan fingerprint density at radius 2 is 2.05 bits per heavy atom. The molecule has 0 saturated carbocycles. The lowest BCUT2D eigenvalue weighted by Crippen LogP contribution is -2.60. The minimum Gasteiger partial charge on any atom is -0.393 e. The van der Waals surface area contributed by atoms with Crippen molar-refractivity contribution < 1.29 is 20.1 Å². The maximum absolute atomic E-state index is 11.9. The minimum atomic E-state index is -1.79. The summed E-state index contributed by atoms with van der Waals surface area (Å²) >= 11 is 4.84. The molecule has 0 aliphatic carbocycles. The van der Waals surface area contributed by atoms with Gasteiger partial charge in [0.1, 0.15) is 21.4 Å². The lowest BCUT2D eigenvalue weighted by Gasteiger charge is -2.39. The number of hydrogen-bond acceptors (Lipinski definition) is 6. The molecule has 1 aromatic rings. The highest BCUT2D eigenvalue weighted by molar-refractivity contribution is 7.71. The van der Waals surface area contributed by atoms with Crippen molar-refractivity contribution in [2.75, 3.05) is 6.61 Å². The van der Waals surface area contributed by atoms with Gasteiger partial charge in [-0.25, -0.2) is 4.79 Å². The molecule has 7 nitrogen and oxygen atoms in total. The molecule has 0 amide bonds. The maximum atomic E-state index is 11.9. The molecule has 1 aliphatic rings. The van der Waals surface area contributed by atoms with Crippen LogP contribution in [0.15, 0.2) is 17.1 Å². The van der Waals surface area contributed by atoms with Crippen LogP contribution in [-0.4, -0.2) is 48.3 Å². The van der Waals surface area contributed by atoms with Crippen LogP contribution in [0.25, 0.3) is 0 Å². The zero-order chi connectivity index (χ0) is 15.3. The number of hydrogen-bond donors (Lipinski definition) is 4. The highest BCUT2D eigenvalue weighted by atomic mass is 32.1. The van der Waals surface area contributed by atoms with Crippen molar-refractivity contribution in [1.82, 2.24) is 9.55 Å². The van der Waals surface area contributed by atoms with E-state index in [0.29, 0.717) is 0 Å². The molecule has 0 spiro atoms. The first-order valence-electron chi connectivity index (χ1n) is 6.12. The second-order valence-electron chi connectivity index (χ2n) is 5.60. The Labute approximate surface area is 120 Å². The Bertz CT molecular complexity index is 635. The molecule has 112 valence electrons. The molecule has 1 aromatic heterocycles. The quantitative estimate of drug-likeness (QED) is 0.558. The van der Waals surface area contributed by atoms with Crippen LogP contribution in [-0.2, 0) is 4.74 Å². The molecule has 1 saturated heterocycles. The number of rotatable bonds is 2. The van der Waals surface area contributed by atoms with Crippen molar-refractivity contribution in [2.24, 2.45) is 0 Å². The van der Waals surface area contributed by atoms with Crippen molar-refractivity contribution in [1.29, 1.82) is 0 Å². The van der Waals surface area contributed by atoms with Gasteiger partial charge >= 0.3 is 5.69 Å². The average Bonchev–Trinajstić information content (AvgIpc) is 2.48. The summed E-state index contributed by atoms with van der Waals surface area (Å²) in [5.41, 5.74) is -5.52. The standard InChI is InChI=1S/C12H18N2O5S/c1-10(6-15)12(3,18)11(2,17)8(19-10)14-5-4-7(20)13-9(14)16/h4-5,8,15,17-18H,6H2,1-3H3,(H,13,16,20). The van der Waals surface area contributed by atoms with Gasteiger partial charge in [-0.1, -0.05) is 12.2 Å². The molecular weight excluding hydrogens is 284 g/mol. The Balaban J connectivity index is 2.59. The van der Waals surface area contributed by atoms with E-state index in [4.69, 9.17) is 17.0 Å². The molecule has 20 heavy (non-hydrogen) atoms. The van der Waals surface area contributed by atoms with Crippen LogP contribution in [0.2, 0.25) is 0 Å². The number of aromatic amines is 1. The summed E-state index contributed by atoms with van der Waals surface area (Å²) in [5.74, 6) is 0. The molecule has 2 rings (SSSR count). The third-order valence-corrected chi connectivity index (χ3v) is 4.51. The topological polar surface area (TPSA) is 108 Å². The summed E-state index contributed by atoms with van der Waals surface area (Å²) in [6.45, 7) is 3.67. The molecule has 4 N–H and O–H groups in total. The molecule has 1 fully saturated rings. The largest absolute Gasteiger partial charge is 0.393 e. The molecule has 2 heterocycles. The number of H-pyrrole nitrogens is 1. The second-order valence-corrected chi connectivity index (χ2v) is 6.04. The van der Waals surface area contributed by atoms with Crippen molar-refractivity contribution >= 4 is 12.2 Å². The van der Waals surface area contributed by atoms with Gasteiger partial charge in [0.2, 0.25) is 0 Å². The van der Waals surface area contributed by atoms with E-state index in [2.05, 4.69) is 4.98 Å². The van der Waals surface area contributed by atoms with Gasteiger partial charge in [0.25, 0.3) is 0 Å². The zero-order valence-corrected chi connectivity index (χ0v) is 12.3. The fraction of sp³-hybridized carbons (Fsp3) is 0.667. The fourth-order valence-corrected chi connectivity index (χ4v) is 2.53. The van der Waals surface area contributed by atoms with Gasteiger partial charge in [-0.3, -0.25) is 9.55 Å². The monoisotopic (exact) mass is 302 g/mol. The first-order valence-corrected chi connectivity index (χ1v) is 6.52. The predicted octanol–water partition coefficient (Wildman–Crippen LogP) is -0.312. The smallest absolute Gasteiger partial charge is 0.328 e. The molecule has 4 atom stereocenters. The molecule has 8 heteroatoms. The van der Waals surface area contributed by atoms with Crippen molar-refractivity contribution in [3.8, 4) is 0 Å². The number of aliphatic hydroxyl groups excluding tert-OH is 1. The van der Waals surface area contributed by atoms with Gasteiger partial charge in [-0.15, -0.1) is 0 Å². The van der Waals surface area contributed by atoms with E-state index in [-0.39, 0.29) is 4.64 Å². The van der Waals surface area contributed by atoms with Gasteiger partial charge in [-0.2, -0.15) is 0 Å². The molecule has 0 aromatic carbocycles. The van der Waals surface area contributed by atoms with Gasteiger partial charge in [0.15, 0.2) is 6.23 Å². The summed E-state index contributed by atoms with van der Waals surface area (Å²) < 4.78 is 6.95. The summed E-state index contributed by atoms with van der Waals surface area (Å²) in [4.78, 5) is 14.3. The predicted molar refractivity (Wildman–Crippen MR) is 72.7 cm³/mol. The van der Waals surface area contributed by atoms with Crippen LogP contribution < -0.4 is 5.69 Å². The number of nitrogens with one attached hydrogen (secondary N) is 1. The average molecular weight is 302 g/mol. The third kappa shape index (κ3) is 1.87. The van der Waals surface area contributed by atoms with E-state index in [0.717, 1.165) is 4.57 Å². The summed E-state index contributed by atoms with van der Waals surface area (Å²) in [5, 5.41) is 30.6. The van der Waals surface area contributed by atoms with Crippen LogP contribution >= 0.6 is 12.2 Å². The van der Waals surface area contributed by atoms with Crippen LogP contribution in [0.3, 0.4) is 0 Å². The van der Waals surface area contributed by atoms with E-state index in [9.17, 15) is 20.1 Å². The van der Waals surface area contributed by atoms with E-state index in [1.165, 1.54) is 33.0 Å². The van der Waals surface area contributed by atoms with Crippen molar-refractivity contribution in [2.45, 2.75) is 43.8 Å². The van der Waals surface area contributed by atoms with Crippen LogP contribution in [0.5, 0.6) is 0 Å². The Hall–Kier alpha value is -1.06. The molecule has 0 bridgehead atoms. The lowest BCUT2D eigenvalue weighted by atomic mass is 9.76. The number of aromatic nitrogens is 2. The van der Waals surface area contributed by atoms with Crippen molar-refractivity contribution in [3.63, 3.8) is 0 Å². The highest BCUT2D eigenvalue weighted by Gasteiger charge is 2.67. The summed E-state index contributed by atoms with van der Waals surface area (Å²) in [7, 11) is 0.